The molecule has 2 heterocycles. The Morgan fingerprint density at radius 2 is 1.60 bits per heavy atom. The fraction of sp³-hybridized carbons (Fsp3) is 0.467. The van der Waals surface area contributed by atoms with Crippen molar-refractivity contribution in [2.75, 3.05) is 13.2 Å². The van der Waals surface area contributed by atoms with Crippen molar-refractivity contribution in [2.45, 2.75) is 103 Å². The number of carbonyl (C=O) groups excluding carboxylic acids is 2. The van der Waals surface area contributed by atoms with Crippen LogP contribution in [-0.2, 0) is 18.8 Å². The van der Waals surface area contributed by atoms with E-state index >= 15 is 0 Å². The molecule has 0 bridgehead atoms. The number of aromatic hydroxyl groups is 1. The van der Waals surface area contributed by atoms with Crippen molar-refractivity contribution in [1.82, 2.24) is 4.90 Å². The number of hydrogen-bond donors (Lipinski definition) is 1. The summed E-state index contributed by atoms with van der Waals surface area (Å²) in [5, 5.41) is 11.9. The highest BCUT2D eigenvalue weighted by atomic mass is 28.4. The second-order valence-corrected chi connectivity index (χ2v) is 20.8. The third-order valence-corrected chi connectivity index (χ3v) is 17.4. The van der Waals surface area contributed by atoms with Gasteiger partial charge in [0.1, 0.15) is 0 Å². The molecular weight excluding hydrogens is 682 g/mol. The number of benzene rings is 3. The van der Waals surface area contributed by atoms with Gasteiger partial charge in [0, 0.05) is 12.0 Å². The molecular formula is C45H54FNO5Si. The number of likely N-dealkylation sites (tertiary alicyclic amines) is 1. The molecule has 0 radical (unpaired) electrons. The van der Waals surface area contributed by atoms with Gasteiger partial charge in [0.25, 0.3) is 8.32 Å². The standard InChI is InChI=1S/C45H54FNO5Si/c1-5-30(25-31-21-23-39(48)38(46)26-31)22-24-40-41-32(27-36-42(37(41)29-51-40)44(50)47(43(36)49)33-15-9-6-10-16-33)28-52-53(45(2,3)4,34-17-11-7-12-18-34)35-19-13-8-14-20-35/h7-8,11-14,17-21,23,25-26,33,36-37,40,42,48H,5-6,9-10,15-16,22,24,27-29H2,1-4H3/b30-25+/t36-,37+,40-,42-/m1/s1. The third-order valence-electron chi connectivity index (χ3n) is 12.4. The Labute approximate surface area is 315 Å². The van der Waals surface area contributed by atoms with Gasteiger partial charge in [-0.2, -0.15) is 0 Å². The fourth-order valence-electron chi connectivity index (χ4n) is 9.80. The number of carbonyl (C=O) groups is 2. The van der Waals surface area contributed by atoms with Crippen LogP contribution in [0.3, 0.4) is 0 Å². The highest BCUT2D eigenvalue weighted by molar-refractivity contribution is 6.99. The van der Waals surface area contributed by atoms with Crippen LogP contribution in [0.4, 0.5) is 4.39 Å². The molecule has 2 aliphatic heterocycles. The minimum atomic E-state index is -2.89. The molecule has 6 nitrogen and oxygen atoms in total. The molecule has 8 heteroatoms. The van der Waals surface area contributed by atoms with Crippen molar-refractivity contribution in [3.8, 4) is 5.75 Å². The van der Waals surface area contributed by atoms with E-state index in [4.69, 9.17) is 9.16 Å². The molecule has 3 aromatic carbocycles. The Kier molecular flexibility index (Phi) is 10.9. The molecule has 0 spiro atoms. The lowest BCUT2D eigenvalue weighted by Crippen LogP contribution is -2.66. The van der Waals surface area contributed by atoms with Crippen molar-refractivity contribution in [3.63, 3.8) is 0 Å². The van der Waals surface area contributed by atoms with E-state index in [1.807, 2.05) is 18.2 Å². The summed E-state index contributed by atoms with van der Waals surface area (Å²) in [6, 6.07) is 25.7. The fourth-order valence-corrected chi connectivity index (χ4v) is 14.3. The minimum Gasteiger partial charge on any atom is -0.505 e. The molecule has 3 fully saturated rings. The summed E-state index contributed by atoms with van der Waals surface area (Å²) in [6.45, 7) is 9.71. The van der Waals surface area contributed by atoms with Gasteiger partial charge in [-0.05, 0) is 82.8 Å². The molecule has 1 N–H and O–H groups in total. The highest BCUT2D eigenvalue weighted by Gasteiger charge is 2.59. The number of amides is 2. The summed E-state index contributed by atoms with van der Waals surface area (Å²) in [7, 11) is -2.89. The number of allylic oxidation sites excluding steroid dienone is 1. The SMILES string of the molecule is CC/C(=C\c1ccc(O)c(F)c1)CC[C@H]1OC[C@H]2C1=C(CO[Si](c1ccccc1)(c1ccccc1)C(C)(C)C)C[C@H]1C(=O)N(C3CCCCC3)C(=O)[C@H]12. The Bertz CT molecular complexity index is 1820. The number of rotatable bonds is 11. The Hall–Kier alpha value is -3.85. The molecule has 53 heavy (non-hydrogen) atoms. The van der Waals surface area contributed by atoms with E-state index < -0.39 is 26.0 Å². The summed E-state index contributed by atoms with van der Waals surface area (Å²) < 4.78 is 28.3. The molecule has 2 aliphatic carbocycles. The van der Waals surface area contributed by atoms with Crippen molar-refractivity contribution >= 4 is 36.6 Å². The maximum atomic E-state index is 14.3. The monoisotopic (exact) mass is 735 g/mol. The maximum Gasteiger partial charge on any atom is 0.261 e. The predicted molar refractivity (Wildman–Crippen MR) is 210 cm³/mol. The molecule has 4 atom stereocenters. The van der Waals surface area contributed by atoms with Gasteiger partial charge in [-0.1, -0.05) is 125 Å². The van der Waals surface area contributed by atoms with E-state index in [-0.39, 0.29) is 40.7 Å². The van der Waals surface area contributed by atoms with Gasteiger partial charge in [-0.15, -0.1) is 0 Å². The Balaban J connectivity index is 1.25. The maximum absolute atomic E-state index is 14.3. The quantitative estimate of drug-likeness (QED) is 0.122. The average molecular weight is 736 g/mol. The van der Waals surface area contributed by atoms with Crippen LogP contribution >= 0.6 is 0 Å². The highest BCUT2D eigenvalue weighted by Crippen LogP contribution is 2.51. The number of ether oxygens (including phenoxy) is 1. The summed E-state index contributed by atoms with van der Waals surface area (Å²) >= 11 is 0. The van der Waals surface area contributed by atoms with Crippen LogP contribution in [0, 0.1) is 23.6 Å². The summed E-state index contributed by atoms with van der Waals surface area (Å²) in [5.41, 5.74) is 4.12. The van der Waals surface area contributed by atoms with Gasteiger partial charge < -0.3 is 14.3 Å². The van der Waals surface area contributed by atoms with Crippen LogP contribution in [0.1, 0.15) is 91.0 Å². The number of phenols is 1. The van der Waals surface area contributed by atoms with Crippen LogP contribution in [0.15, 0.2) is 95.6 Å². The molecule has 0 aromatic heterocycles. The molecule has 1 saturated carbocycles. The van der Waals surface area contributed by atoms with E-state index in [9.17, 15) is 19.1 Å². The molecule has 2 amide bonds. The summed E-state index contributed by atoms with van der Waals surface area (Å²) in [4.78, 5) is 30.3. The van der Waals surface area contributed by atoms with E-state index in [1.54, 1.807) is 11.0 Å². The molecule has 280 valence electrons. The Morgan fingerprint density at radius 1 is 0.943 bits per heavy atom. The largest absolute Gasteiger partial charge is 0.505 e. The first-order chi connectivity index (χ1) is 25.5. The lowest BCUT2D eigenvalue weighted by atomic mass is 9.69. The first-order valence-corrected chi connectivity index (χ1v) is 21.6. The molecule has 4 aliphatic rings. The van der Waals surface area contributed by atoms with Crippen molar-refractivity contribution < 1.29 is 28.2 Å². The van der Waals surface area contributed by atoms with Gasteiger partial charge in [0.05, 0.1) is 31.2 Å². The van der Waals surface area contributed by atoms with E-state index in [0.29, 0.717) is 31.6 Å². The van der Waals surface area contributed by atoms with Crippen LogP contribution in [0.2, 0.25) is 5.04 Å². The van der Waals surface area contributed by atoms with Crippen molar-refractivity contribution in [2.24, 2.45) is 17.8 Å². The van der Waals surface area contributed by atoms with E-state index in [2.05, 4.69) is 76.2 Å². The van der Waals surface area contributed by atoms with Gasteiger partial charge >= 0.3 is 0 Å². The zero-order chi connectivity index (χ0) is 37.3. The number of imide groups is 1. The van der Waals surface area contributed by atoms with Crippen LogP contribution in [-0.4, -0.2) is 55.5 Å². The minimum absolute atomic E-state index is 0.00490. The van der Waals surface area contributed by atoms with Crippen molar-refractivity contribution in [3.05, 3.63) is 107 Å². The van der Waals surface area contributed by atoms with Gasteiger partial charge in [0.15, 0.2) is 11.6 Å². The normalized spacial score (nSPS) is 24.2. The number of halogens is 1. The number of nitrogens with zero attached hydrogens (tertiary/aromatic N) is 1. The third kappa shape index (κ3) is 7.10. The second-order valence-electron chi connectivity index (χ2n) is 16.5. The van der Waals surface area contributed by atoms with E-state index in [0.717, 1.165) is 61.7 Å². The van der Waals surface area contributed by atoms with E-state index in [1.165, 1.54) is 22.5 Å². The Morgan fingerprint density at radius 3 is 2.21 bits per heavy atom. The first kappa shape index (κ1) is 37.5. The van der Waals surface area contributed by atoms with Crippen LogP contribution in [0.25, 0.3) is 6.08 Å². The van der Waals surface area contributed by atoms with Gasteiger partial charge in [-0.25, -0.2) is 4.39 Å². The lowest BCUT2D eigenvalue weighted by Gasteiger charge is -2.44. The average Bonchev–Trinajstić information content (AvgIpc) is 3.70. The van der Waals surface area contributed by atoms with Crippen LogP contribution < -0.4 is 10.4 Å². The van der Waals surface area contributed by atoms with Gasteiger partial charge in [-0.3, -0.25) is 14.5 Å². The van der Waals surface area contributed by atoms with Gasteiger partial charge in [0.2, 0.25) is 11.8 Å². The lowest BCUT2D eigenvalue weighted by molar-refractivity contribution is -0.143. The number of hydrogen-bond acceptors (Lipinski definition) is 5. The number of phenolic OH excluding ortho intramolecular Hbond substituents is 1. The van der Waals surface area contributed by atoms with Crippen molar-refractivity contribution in [1.29, 1.82) is 0 Å². The molecule has 2 saturated heterocycles. The summed E-state index contributed by atoms with van der Waals surface area (Å²) in [6.07, 6.45) is 9.56. The first-order valence-electron chi connectivity index (χ1n) is 19.7. The molecule has 0 unspecified atom stereocenters. The topological polar surface area (TPSA) is 76.1 Å². The zero-order valence-corrected chi connectivity index (χ0v) is 32.7. The second kappa shape index (κ2) is 15.5. The predicted octanol–water partition coefficient (Wildman–Crippen LogP) is 8.33. The number of fused-ring (bicyclic) bond motifs is 3. The molecule has 7 rings (SSSR count). The summed E-state index contributed by atoms with van der Waals surface area (Å²) in [5.74, 6) is -1.97. The zero-order valence-electron chi connectivity index (χ0n) is 31.7. The smallest absolute Gasteiger partial charge is 0.261 e. The van der Waals surface area contributed by atoms with Crippen LogP contribution in [0.5, 0.6) is 5.75 Å². The molecule has 3 aromatic rings.